The maximum Gasteiger partial charge on any atom is -0.00179 e. The summed E-state index contributed by atoms with van der Waals surface area (Å²) < 4.78 is 0. The highest BCUT2D eigenvalue weighted by atomic mass is 14.9. The van der Waals surface area contributed by atoms with Crippen molar-refractivity contribution in [3.8, 4) is 0 Å². The molecule has 0 aromatic rings. The summed E-state index contributed by atoms with van der Waals surface area (Å²) in [6.45, 7) is 7.45. The van der Waals surface area contributed by atoms with E-state index in [-0.39, 0.29) is 0 Å². The van der Waals surface area contributed by atoms with E-state index >= 15 is 0 Å². The average Bonchev–Trinajstić information content (AvgIpc) is 2.32. The maximum absolute atomic E-state index is 3.78. The summed E-state index contributed by atoms with van der Waals surface area (Å²) in [5.74, 6) is 3.87. The number of nitrogens with one attached hydrogen (secondary N) is 1. The van der Waals surface area contributed by atoms with E-state index in [1.807, 2.05) is 0 Å². The van der Waals surface area contributed by atoms with Gasteiger partial charge in [0.15, 0.2) is 0 Å². The van der Waals surface area contributed by atoms with Gasteiger partial charge in [-0.1, -0.05) is 46.0 Å². The number of rotatable bonds is 4. The van der Waals surface area contributed by atoms with Crippen LogP contribution in [0.5, 0.6) is 0 Å². The molecule has 2 aliphatic carbocycles. The lowest BCUT2D eigenvalue weighted by Crippen LogP contribution is -2.33. The molecule has 0 spiro atoms. The van der Waals surface area contributed by atoms with Gasteiger partial charge < -0.3 is 5.32 Å². The van der Waals surface area contributed by atoms with E-state index in [0.717, 1.165) is 23.7 Å². The van der Waals surface area contributed by atoms with Gasteiger partial charge >= 0.3 is 0 Å². The zero-order valence-corrected chi connectivity index (χ0v) is 11.9. The van der Waals surface area contributed by atoms with E-state index < -0.39 is 0 Å². The molecule has 2 saturated carbocycles. The lowest BCUT2D eigenvalue weighted by atomic mass is 9.80. The highest BCUT2D eigenvalue weighted by Gasteiger charge is 2.22. The van der Waals surface area contributed by atoms with Gasteiger partial charge in [0.25, 0.3) is 0 Å². The van der Waals surface area contributed by atoms with E-state index in [9.17, 15) is 0 Å². The second-order valence-corrected chi connectivity index (χ2v) is 6.82. The van der Waals surface area contributed by atoms with E-state index in [4.69, 9.17) is 0 Å². The van der Waals surface area contributed by atoms with Crippen LogP contribution in [0.2, 0.25) is 0 Å². The van der Waals surface area contributed by atoms with E-state index in [1.54, 1.807) is 0 Å². The molecule has 0 bridgehead atoms. The zero-order chi connectivity index (χ0) is 12.1. The molecule has 4 unspecified atom stereocenters. The highest BCUT2D eigenvalue weighted by molar-refractivity contribution is 4.76. The van der Waals surface area contributed by atoms with Crippen LogP contribution in [-0.4, -0.2) is 13.1 Å². The predicted molar refractivity (Wildman–Crippen MR) is 75.1 cm³/mol. The summed E-state index contributed by atoms with van der Waals surface area (Å²) in [4.78, 5) is 0. The van der Waals surface area contributed by atoms with E-state index in [1.165, 1.54) is 64.5 Å². The molecule has 1 heteroatoms. The largest absolute Gasteiger partial charge is 0.316 e. The Bertz CT molecular complexity index is 214. The third-order valence-corrected chi connectivity index (χ3v) is 5.17. The van der Waals surface area contributed by atoms with Crippen LogP contribution in [-0.2, 0) is 0 Å². The summed E-state index contributed by atoms with van der Waals surface area (Å²) in [5, 5.41) is 3.78. The third kappa shape index (κ3) is 4.28. The molecule has 0 aliphatic heterocycles. The fourth-order valence-electron chi connectivity index (χ4n) is 3.91. The van der Waals surface area contributed by atoms with Gasteiger partial charge in [-0.25, -0.2) is 0 Å². The van der Waals surface area contributed by atoms with Gasteiger partial charge in [-0.05, 0) is 56.0 Å². The summed E-state index contributed by atoms with van der Waals surface area (Å²) >= 11 is 0. The molecule has 1 nitrogen and oxygen atoms in total. The van der Waals surface area contributed by atoms with Gasteiger partial charge in [-0.3, -0.25) is 0 Å². The minimum atomic E-state index is 0.960. The van der Waals surface area contributed by atoms with Crippen molar-refractivity contribution in [2.75, 3.05) is 13.1 Å². The molecule has 0 aromatic heterocycles. The van der Waals surface area contributed by atoms with Crippen LogP contribution in [0.15, 0.2) is 0 Å². The first kappa shape index (κ1) is 13.4. The molecule has 0 saturated heterocycles. The number of hydrogen-bond donors (Lipinski definition) is 1. The average molecular weight is 237 g/mol. The Morgan fingerprint density at radius 3 is 2.47 bits per heavy atom. The molecule has 0 heterocycles. The van der Waals surface area contributed by atoms with Crippen molar-refractivity contribution in [1.29, 1.82) is 0 Å². The second-order valence-electron chi connectivity index (χ2n) is 6.82. The van der Waals surface area contributed by atoms with Crippen LogP contribution in [0.4, 0.5) is 0 Å². The van der Waals surface area contributed by atoms with E-state index in [2.05, 4.69) is 19.2 Å². The van der Waals surface area contributed by atoms with Crippen molar-refractivity contribution < 1.29 is 0 Å². The van der Waals surface area contributed by atoms with Crippen molar-refractivity contribution in [2.45, 2.75) is 65.2 Å². The smallest absolute Gasteiger partial charge is 0.00179 e. The Kier molecular flexibility index (Phi) is 5.34. The summed E-state index contributed by atoms with van der Waals surface area (Å²) in [6.07, 6.45) is 11.7. The van der Waals surface area contributed by atoms with Crippen LogP contribution in [0.1, 0.15) is 65.2 Å². The molecule has 2 aliphatic rings. The van der Waals surface area contributed by atoms with Crippen molar-refractivity contribution in [2.24, 2.45) is 23.7 Å². The Hall–Kier alpha value is -0.0400. The molecule has 2 fully saturated rings. The Morgan fingerprint density at radius 1 is 0.882 bits per heavy atom. The Labute approximate surface area is 108 Å². The minimum Gasteiger partial charge on any atom is -0.316 e. The minimum absolute atomic E-state index is 0.960. The molecule has 0 radical (unpaired) electrons. The van der Waals surface area contributed by atoms with Crippen molar-refractivity contribution in [1.82, 2.24) is 5.32 Å². The molecule has 4 atom stereocenters. The molecule has 0 aromatic carbocycles. The quantitative estimate of drug-likeness (QED) is 0.771. The molecular formula is C16H31N. The van der Waals surface area contributed by atoms with Crippen LogP contribution in [0, 0.1) is 23.7 Å². The van der Waals surface area contributed by atoms with Gasteiger partial charge in [0.2, 0.25) is 0 Å². The molecular weight excluding hydrogens is 206 g/mol. The van der Waals surface area contributed by atoms with Gasteiger partial charge in [0.1, 0.15) is 0 Å². The normalized spacial score (nSPS) is 39.2. The monoisotopic (exact) mass is 237 g/mol. The Morgan fingerprint density at radius 2 is 1.71 bits per heavy atom. The van der Waals surface area contributed by atoms with Gasteiger partial charge in [-0.2, -0.15) is 0 Å². The van der Waals surface area contributed by atoms with Crippen LogP contribution in [0.25, 0.3) is 0 Å². The molecule has 17 heavy (non-hydrogen) atoms. The lowest BCUT2D eigenvalue weighted by Gasteiger charge is -2.31. The fourth-order valence-corrected chi connectivity index (χ4v) is 3.91. The van der Waals surface area contributed by atoms with Gasteiger partial charge in [0, 0.05) is 0 Å². The van der Waals surface area contributed by atoms with E-state index in [0.29, 0.717) is 0 Å². The van der Waals surface area contributed by atoms with Crippen molar-refractivity contribution >= 4 is 0 Å². The first-order chi connectivity index (χ1) is 8.25. The molecule has 1 N–H and O–H groups in total. The Balaban J connectivity index is 1.61. The third-order valence-electron chi connectivity index (χ3n) is 5.17. The molecule has 100 valence electrons. The summed E-state index contributed by atoms with van der Waals surface area (Å²) in [7, 11) is 0. The molecule has 0 amide bonds. The molecule has 2 rings (SSSR count). The zero-order valence-electron chi connectivity index (χ0n) is 11.9. The standard InChI is InChI=1S/C16H31N/c1-13-6-5-8-15(10-13)11-17-12-16-9-4-3-7-14(16)2/h13-17H,3-12H2,1-2H3. The predicted octanol–water partition coefficient (Wildman–Crippen LogP) is 4.23. The van der Waals surface area contributed by atoms with Gasteiger partial charge in [-0.15, -0.1) is 0 Å². The first-order valence-electron chi connectivity index (χ1n) is 7.96. The summed E-state index contributed by atoms with van der Waals surface area (Å²) in [5.41, 5.74) is 0. The number of hydrogen-bond acceptors (Lipinski definition) is 1. The lowest BCUT2D eigenvalue weighted by molar-refractivity contribution is 0.229. The second kappa shape index (κ2) is 6.78. The van der Waals surface area contributed by atoms with Crippen molar-refractivity contribution in [3.05, 3.63) is 0 Å². The van der Waals surface area contributed by atoms with Crippen molar-refractivity contribution in [3.63, 3.8) is 0 Å². The van der Waals surface area contributed by atoms with Crippen LogP contribution < -0.4 is 5.32 Å². The van der Waals surface area contributed by atoms with Crippen LogP contribution >= 0.6 is 0 Å². The SMILES string of the molecule is CC1CCCC(CNCC2CCCCC2C)C1. The maximum atomic E-state index is 3.78. The van der Waals surface area contributed by atoms with Crippen LogP contribution in [0.3, 0.4) is 0 Å². The fraction of sp³-hybridized carbons (Fsp3) is 1.00. The highest BCUT2D eigenvalue weighted by Crippen LogP contribution is 2.30. The first-order valence-corrected chi connectivity index (χ1v) is 7.96. The van der Waals surface area contributed by atoms with Gasteiger partial charge in [0.05, 0.1) is 0 Å². The topological polar surface area (TPSA) is 12.0 Å². The summed E-state index contributed by atoms with van der Waals surface area (Å²) in [6, 6.07) is 0.